The van der Waals surface area contributed by atoms with E-state index < -0.39 is 0 Å². The largest absolute Gasteiger partial charge is 0.490 e. The van der Waals surface area contributed by atoms with Gasteiger partial charge in [-0.05, 0) is 54.7 Å². The van der Waals surface area contributed by atoms with Crippen molar-refractivity contribution in [1.82, 2.24) is 14.7 Å². The van der Waals surface area contributed by atoms with Gasteiger partial charge in [-0.3, -0.25) is 14.0 Å². The highest BCUT2D eigenvalue weighted by molar-refractivity contribution is 6.33. The maximum absolute atomic E-state index is 11.8. The summed E-state index contributed by atoms with van der Waals surface area (Å²) in [5.74, 6) is 0.636. The SMILES string of the molecule is Cc1cc(Cc2ccn3c(=O)ccnc3c2)c(C)c(Cl)c1OCCNC=O. The van der Waals surface area contributed by atoms with Crippen molar-refractivity contribution in [2.75, 3.05) is 13.2 Å². The summed E-state index contributed by atoms with van der Waals surface area (Å²) in [5, 5.41) is 3.13. The lowest BCUT2D eigenvalue weighted by Crippen LogP contribution is -2.19. The molecular weight excluding hydrogens is 366 g/mol. The van der Waals surface area contributed by atoms with E-state index in [0.717, 1.165) is 22.3 Å². The first kappa shape index (κ1) is 18.9. The van der Waals surface area contributed by atoms with Crippen LogP contribution < -0.4 is 15.6 Å². The van der Waals surface area contributed by atoms with Crippen molar-refractivity contribution < 1.29 is 9.53 Å². The molecule has 0 bridgehead atoms. The number of pyridine rings is 1. The van der Waals surface area contributed by atoms with Gasteiger partial charge < -0.3 is 10.1 Å². The zero-order valence-corrected chi connectivity index (χ0v) is 15.9. The van der Waals surface area contributed by atoms with Gasteiger partial charge in [-0.15, -0.1) is 0 Å². The summed E-state index contributed by atoms with van der Waals surface area (Å²) >= 11 is 6.53. The number of benzene rings is 1. The molecule has 27 heavy (non-hydrogen) atoms. The first-order chi connectivity index (χ1) is 13.0. The summed E-state index contributed by atoms with van der Waals surface area (Å²) in [4.78, 5) is 26.4. The molecule has 0 saturated heterocycles. The van der Waals surface area contributed by atoms with E-state index in [-0.39, 0.29) is 5.56 Å². The molecule has 1 N–H and O–H groups in total. The molecule has 0 saturated carbocycles. The van der Waals surface area contributed by atoms with E-state index in [0.29, 0.717) is 42.4 Å². The van der Waals surface area contributed by atoms with Crippen LogP contribution in [0.2, 0.25) is 5.02 Å². The van der Waals surface area contributed by atoms with Gasteiger partial charge in [0.2, 0.25) is 6.41 Å². The van der Waals surface area contributed by atoms with Crippen LogP contribution in [0.25, 0.3) is 5.65 Å². The molecule has 140 valence electrons. The van der Waals surface area contributed by atoms with Crippen LogP contribution in [0.5, 0.6) is 5.75 Å². The predicted molar refractivity (Wildman–Crippen MR) is 105 cm³/mol. The number of hydrogen-bond donors (Lipinski definition) is 1. The maximum atomic E-state index is 11.8. The molecule has 1 amide bonds. The van der Waals surface area contributed by atoms with Gasteiger partial charge in [0.15, 0.2) is 0 Å². The van der Waals surface area contributed by atoms with Crippen molar-refractivity contribution in [3.63, 3.8) is 0 Å². The van der Waals surface area contributed by atoms with Crippen LogP contribution in [-0.4, -0.2) is 28.9 Å². The maximum Gasteiger partial charge on any atom is 0.257 e. The predicted octanol–water partition coefficient (Wildman–Crippen LogP) is 2.68. The Morgan fingerprint density at radius 3 is 2.89 bits per heavy atom. The van der Waals surface area contributed by atoms with E-state index in [1.54, 1.807) is 6.20 Å². The molecule has 0 fully saturated rings. The minimum atomic E-state index is -0.104. The van der Waals surface area contributed by atoms with Gasteiger partial charge in [-0.25, -0.2) is 4.98 Å². The Kier molecular flexibility index (Phi) is 5.76. The molecule has 6 nitrogen and oxygen atoms in total. The molecule has 0 atom stereocenters. The van der Waals surface area contributed by atoms with Crippen LogP contribution in [0.4, 0.5) is 0 Å². The van der Waals surface area contributed by atoms with E-state index >= 15 is 0 Å². The number of hydrogen-bond acceptors (Lipinski definition) is 4. The second-order valence-electron chi connectivity index (χ2n) is 6.26. The molecule has 0 aliphatic heterocycles. The lowest BCUT2D eigenvalue weighted by atomic mass is 9.98. The van der Waals surface area contributed by atoms with E-state index in [4.69, 9.17) is 16.3 Å². The number of ether oxygens (including phenoxy) is 1. The van der Waals surface area contributed by atoms with Crippen LogP contribution in [0.1, 0.15) is 22.3 Å². The molecule has 0 unspecified atom stereocenters. The van der Waals surface area contributed by atoms with Gasteiger partial charge in [0.25, 0.3) is 5.56 Å². The zero-order chi connectivity index (χ0) is 19.4. The highest BCUT2D eigenvalue weighted by Gasteiger charge is 2.14. The average Bonchev–Trinajstić information content (AvgIpc) is 2.65. The van der Waals surface area contributed by atoms with Crippen LogP contribution in [0.15, 0.2) is 41.5 Å². The highest BCUT2D eigenvalue weighted by atomic mass is 35.5. The molecule has 3 rings (SSSR count). The second-order valence-corrected chi connectivity index (χ2v) is 6.64. The third kappa shape index (κ3) is 4.11. The first-order valence-electron chi connectivity index (χ1n) is 8.56. The van der Waals surface area contributed by atoms with Gasteiger partial charge in [-0.1, -0.05) is 17.7 Å². The number of carbonyl (C=O) groups is 1. The number of amides is 1. The fourth-order valence-electron chi connectivity index (χ4n) is 2.95. The Morgan fingerprint density at radius 2 is 2.11 bits per heavy atom. The summed E-state index contributed by atoms with van der Waals surface area (Å²) in [7, 11) is 0. The Balaban J connectivity index is 1.87. The number of aromatic nitrogens is 2. The number of carbonyl (C=O) groups excluding carboxylic acids is 1. The van der Waals surface area contributed by atoms with Gasteiger partial charge >= 0.3 is 0 Å². The number of nitrogens with one attached hydrogen (secondary N) is 1. The Hall–Kier alpha value is -2.86. The molecule has 3 aromatic rings. The topological polar surface area (TPSA) is 72.7 Å². The normalized spacial score (nSPS) is 10.8. The third-order valence-corrected chi connectivity index (χ3v) is 4.85. The van der Waals surface area contributed by atoms with E-state index in [2.05, 4.69) is 16.4 Å². The molecule has 1 aromatic carbocycles. The Labute approximate surface area is 161 Å². The number of halogens is 1. The van der Waals surface area contributed by atoms with Crippen LogP contribution in [0, 0.1) is 13.8 Å². The summed E-state index contributed by atoms with van der Waals surface area (Å²) in [6.07, 6.45) is 4.56. The molecule has 0 aliphatic rings. The molecule has 2 aromatic heterocycles. The fraction of sp³-hybridized carbons (Fsp3) is 0.250. The molecule has 0 spiro atoms. The third-order valence-electron chi connectivity index (χ3n) is 4.39. The molecule has 0 radical (unpaired) electrons. The van der Waals surface area contributed by atoms with Crippen molar-refractivity contribution in [3.8, 4) is 5.75 Å². The van der Waals surface area contributed by atoms with Gasteiger partial charge in [0, 0.05) is 18.5 Å². The highest BCUT2D eigenvalue weighted by Crippen LogP contribution is 2.34. The van der Waals surface area contributed by atoms with Crippen molar-refractivity contribution in [2.45, 2.75) is 20.3 Å². The van der Waals surface area contributed by atoms with Gasteiger partial charge in [0.1, 0.15) is 18.0 Å². The lowest BCUT2D eigenvalue weighted by molar-refractivity contribution is -0.109. The first-order valence-corrected chi connectivity index (χ1v) is 8.93. The molecule has 7 heteroatoms. The van der Waals surface area contributed by atoms with Crippen molar-refractivity contribution in [3.05, 3.63) is 74.3 Å². The zero-order valence-electron chi connectivity index (χ0n) is 15.2. The quantitative estimate of drug-likeness (QED) is 0.501. The van der Waals surface area contributed by atoms with E-state index in [1.165, 1.54) is 16.7 Å². The number of nitrogens with zero attached hydrogens (tertiary/aromatic N) is 2. The Morgan fingerprint density at radius 1 is 1.30 bits per heavy atom. The summed E-state index contributed by atoms with van der Waals surface area (Å²) < 4.78 is 7.24. The van der Waals surface area contributed by atoms with E-state index in [1.807, 2.05) is 26.0 Å². The Bertz CT molecular complexity index is 1050. The van der Waals surface area contributed by atoms with Crippen molar-refractivity contribution in [1.29, 1.82) is 0 Å². The lowest BCUT2D eigenvalue weighted by Gasteiger charge is -2.16. The standard InChI is InChI=1S/C20H20ClN3O3/c1-13-9-16(14(2)19(21)20(13)27-8-6-22-12-25)10-15-4-7-24-17(11-15)23-5-3-18(24)26/h3-5,7,9,11-12H,6,8,10H2,1-2H3,(H,22,25). The minimum Gasteiger partial charge on any atom is -0.490 e. The molecule has 0 aliphatic carbocycles. The van der Waals surface area contributed by atoms with Crippen LogP contribution in [-0.2, 0) is 11.2 Å². The van der Waals surface area contributed by atoms with Crippen molar-refractivity contribution >= 4 is 23.7 Å². The second kappa shape index (κ2) is 8.22. The van der Waals surface area contributed by atoms with E-state index in [9.17, 15) is 9.59 Å². The monoisotopic (exact) mass is 385 g/mol. The average molecular weight is 386 g/mol. The van der Waals surface area contributed by atoms with Crippen LogP contribution >= 0.6 is 11.6 Å². The number of fused-ring (bicyclic) bond motifs is 1. The number of aryl methyl sites for hydroxylation is 1. The summed E-state index contributed by atoms with van der Waals surface area (Å²) in [6, 6.07) is 7.30. The van der Waals surface area contributed by atoms with Gasteiger partial charge in [0.05, 0.1) is 11.6 Å². The molecule has 2 heterocycles. The minimum absolute atomic E-state index is 0.104. The van der Waals surface area contributed by atoms with Gasteiger partial charge in [-0.2, -0.15) is 0 Å². The summed E-state index contributed by atoms with van der Waals surface area (Å²) in [5.41, 5.74) is 4.50. The number of rotatable bonds is 7. The van der Waals surface area contributed by atoms with Crippen LogP contribution in [0.3, 0.4) is 0 Å². The fourth-order valence-corrected chi connectivity index (χ4v) is 3.28. The smallest absolute Gasteiger partial charge is 0.257 e. The summed E-state index contributed by atoms with van der Waals surface area (Å²) in [6.45, 7) is 4.67. The molecular formula is C20H20ClN3O3. The van der Waals surface area contributed by atoms with Crippen molar-refractivity contribution in [2.24, 2.45) is 0 Å².